The highest BCUT2D eigenvalue weighted by molar-refractivity contribution is 5.86. The van der Waals surface area contributed by atoms with Crippen LogP contribution in [0, 0.1) is 20.8 Å². The van der Waals surface area contributed by atoms with Gasteiger partial charge in [0.2, 0.25) is 0 Å². The number of nitrogens with zero attached hydrogens (tertiary/aromatic N) is 4. The van der Waals surface area contributed by atoms with Crippen molar-refractivity contribution in [3.63, 3.8) is 0 Å². The SMILES string of the molecule is Cc1cc(C=NCCN(CCN=Cc2cc(C)cc(C(C)(C)C)c2O)CCN=Cc2cc(C)cc(C(C)(C)C)c2O)c(O)c(C(C)(C)C)c1. The third kappa shape index (κ3) is 11.3. The summed E-state index contributed by atoms with van der Waals surface area (Å²) in [5.41, 5.74) is 7.65. The molecule has 0 saturated carbocycles. The molecule has 49 heavy (non-hydrogen) atoms. The lowest BCUT2D eigenvalue weighted by Gasteiger charge is -2.22. The van der Waals surface area contributed by atoms with Gasteiger partial charge < -0.3 is 15.3 Å². The molecule has 0 aliphatic rings. The molecular formula is C42H60N4O3. The fourth-order valence-electron chi connectivity index (χ4n) is 5.85. The summed E-state index contributed by atoms with van der Waals surface area (Å²) in [7, 11) is 0. The van der Waals surface area contributed by atoms with Crippen molar-refractivity contribution in [1.82, 2.24) is 4.90 Å². The Morgan fingerprint density at radius 3 is 0.939 bits per heavy atom. The van der Waals surface area contributed by atoms with Gasteiger partial charge in [-0.2, -0.15) is 0 Å². The van der Waals surface area contributed by atoms with Crippen LogP contribution in [0.2, 0.25) is 0 Å². The second kappa shape index (κ2) is 16.2. The van der Waals surface area contributed by atoms with Gasteiger partial charge in [-0.15, -0.1) is 0 Å². The Kier molecular flexibility index (Phi) is 13.0. The van der Waals surface area contributed by atoms with E-state index in [1.54, 1.807) is 18.6 Å². The van der Waals surface area contributed by atoms with Gasteiger partial charge in [0, 0.05) is 71.7 Å². The van der Waals surface area contributed by atoms with Crippen molar-refractivity contribution in [3.8, 4) is 17.2 Å². The molecule has 0 amide bonds. The molecule has 0 heterocycles. The number of aryl methyl sites for hydroxylation is 3. The molecule has 7 heteroatoms. The number of aromatic hydroxyl groups is 3. The quantitative estimate of drug-likeness (QED) is 0.168. The van der Waals surface area contributed by atoms with Crippen LogP contribution in [0.5, 0.6) is 17.2 Å². The normalized spacial score (nSPS) is 13.2. The van der Waals surface area contributed by atoms with Gasteiger partial charge in [-0.1, -0.05) is 80.5 Å². The summed E-state index contributed by atoms with van der Waals surface area (Å²) >= 11 is 0. The zero-order valence-electron chi connectivity index (χ0n) is 32.1. The summed E-state index contributed by atoms with van der Waals surface area (Å²) in [6.07, 6.45) is 5.31. The van der Waals surface area contributed by atoms with Gasteiger partial charge in [-0.3, -0.25) is 19.9 Å². The van der Waals surface area contributed by atoms with E-state index in [1.165, 1.54) is 0 Å². The molecule has 0 saturated heterocycles. The van der Waals surface area contributed by atoms with Crippen molar-refractivity contribution in [2.45, 2.75) is 99.3 Å². The van der Waals surface area contributed by atoms with Crippen molar-refractivity contribution in [1.29, 1.82) is 0 Å². The van der Waals surface area contributed by atoms with Gasteiger partial charge in [-0.05, 0) is 71.9 Å². The van der Waals surface area contributed by atoms with Crippen LogP contribution in [0.1, 0.15) is 112 Å². The Morgan fingerprint density at radius 1 is 0.469 bits per heavy atom. The molecular weight excluding hydrogens is 608 g/mol. The molecule has 3 N–H and O–H groups in total. The number of hydrogen-bond acceptors (Lipinski definition) is 7. The molecule has 3 aromatic rings. The fourth-order valence-corrected chi connectivity index (χ4v) is 5.85. The number of phenols is 3. The van der Waals surface area contributed by atoms with Crippen LogP contribution in [0.25, 0.3) is 0 Å². The number of hydrogen-bond donors (Lipinski definition) is 3. The molecule has 0 fully saturated rings. The van der Waals surface area contributed by atoms with Crippen LogP contribution in [-0.2, 0) is 16.2 Å². The molecule has 266 valence electrons. The molecule has 0 atom stereocenters. The van der Waals surface area contributed by atoms with Crippen LogP contribution in [0.4, 0.5) is 0 Å². The molecule has 0 bridgehead atoms. The van der Waals surface area contributed by atoms with E-state index >= 15 is 0 Å². The highest BCUT2D eigenvalue weighted by atomic mass is 16.3. The standard InChI is InChI=1S/C42H60N4O3/c1-28-19-31(37(47)34(22-28)40(4,5)6)25-43-13-16-46(17-14-44-26-32-20-29(2)23-35(38(32)48)41(7,8)9)18-15-45-27-33-21-30(3)24-36(39(33)49)42(10,11)12/h19-27,47-49H,13-18H2,1-12H3. The molecule has 0 radical (unpaired) electrons. The lowest BCUT2D eigenvalue weighted by molar-refractivity contribution is 0.298. The molecule has 3 rings (SSSR count). The van der Waals surface area contributed by atoms with E-state index in [-0.39, 0.29) is 33.5 Å². The predicted octanol–water partition coefficient (Wildman–Crippen LogP) is 8.58. The zero-order valence-corrected chi connectivity index (χ0v) is 32.1. The summed E-state index contributed by atoms with van der Waals surface area (Å²) in [6.45, 7) is 28.7. The molecule has 0 aromatic heterocycles. The first-order valence-corrected chi connectivity index (χ1v) is 17.4. The third-order valence-corrected chi connectivity index (χ3v) is 8.60. The summed E-state index contributed by atoms with van der Waals surface area (Å²) in [4.78, 5) is 16.4. The van der Waals surface area contributed by atoms with Gasteiger partial charge in [0.25, 0.3) is 0 Å². The Morgan fingerprint density at radius 2 is 0.714 bits per heavy atom. The van der Waals surface area contributed by atoms with Crippen LogP contribution in [-0.4, -0.2) is 78.1 Å². The minimum Gasteiger partial charge on any atom is -0.507 e. The van der Waals surface area contributed by atoms with Gasteiger partial charge in [0.1, 0.15) is 17.2 Å². The van der Waals surface area contributed by atoms with Crippen molar-refractivity contribution in [2.24, 2.45) is 15.0 Å². The highest BCUT2D eigenvalue weighted by Crippen LogP contribution is 2.35. The van der Waals surface area contributed by atoms with Crippen LogP contribution in [0.15, 0.2) is 51.4 Å². The van der Waals surface area contributed by atoms with Gasteiger partial charge in [0.15, 0.2) is 0 Å². The maximum atomic E-state index is 11.0. The molecule has 0 unspecified atom stereocenters. The van der Waals surface area contributed by atoms with Gasteiger partial charge in [-0.25, -0.2) is 0 Å². The average molecular weight is 669 g/mol. The highest BCUT2D eigenvalue weighted by Gasteiger charge is 2.22. The van der Waals surface area contributed by atoms with E-state index in [0.717, 1.165) is 50.1 Å². The largest absolute Gasteiger partial charge is 0.507 e. The first-order chi connectivity index (χ1) is 22.7. The number of aliphatic imine (C=N–C) groups is 3. The van der Waals surface area contributed by atoms with Crippen molar-refractivity contribution >= 4 is 18.6 Å². The second-order valence-electron chi connectivity index (χ2n) is 16.4. The average Bonchev–Trinajstić information content (AvgIpc) is 2.97. The Hall–Kier alpha value is -3.97. The monoisotopic (exact) mass is 668 g/mol. The maximum Gasteiger partial charge on any atom is 0.128 e. The van der Waals surface area contributed by atoms with E-state index in [1.807, 2.05) is 57.2 Å². The topological polar surface area (TPSA) is 101 Å². The lowest BCUT2D eigenvalue weighted by atomic mass is 9.84. The fraction of sp³-hybridized carbons (Fsp3) is 0.500. The lowest BCUT2D eigenvalue weighted by Crippen LogP contribution is -2.31. The Balaban J connectivity index is 1.76. The van der Waals surface area contributed by atoms with E-state index in [4.69, 9.17) is 15.0 Å². The molecule has 0 aliphatic heterocycles. The van der Waals surface area contributed by atoms with Crippen molar-refractivity contribution in [3.05, 3.63) is 86.5 Å². The smallest absolute Gasteiger partial charge is 0.128 e. The minimum atomic E-state index is -0.177. The summed E-state index contributed by atoms with van der Waals surface area (Å²) in [5.74, 6) is 0.848. The van der Waals surface area contributed by atoms with Crippen LogP contribution < -0.4 is 0 Å². The summed E-state index contributed by atoms with van der Waals surface area (Å²) in [5, 5.41) is 32.9. The van der Waals surface area contributed by atoms with E-state index < -0.39 is 0 Å². The Bertz CT molecular complexity index is 1480. The number of phenolic OH excluding ortho intramolecular Hbond substituents is 3. The van der Waals surface area contributed by atoms with Crippen LogP contribution >= 0.6 is 0 Å². The second-order valence-corrected chi connectivity index (χ2v) is 16.4. The van der Waals surface area contributed by atoms with E-state index in [0.29, 0.717) is 39.3 Å². The van der Waals surface area contributed by atoms with E-state index in [2.05, 4.69) is 67.2 Å². The molecule has 7 nitrogen and oxygen atoms in total. The Labute approximate surface area is 295 Å². The summed E-state index contributed by atoms with van der Waals surface area (Å²) in [6, 6.07) is 12.0. The first-order valence-electron chi connectivity index (χ1n) is 17.4. The van der Waals surface area contributed by atoms with Crippen molar-refractivity contribution in [2.75, 3.05) is 39.3 Å². The number of rotatable bonds is 12. The van der Waals surface area contributed by atoms with Gasteiger partial charge >= 0.3 is 0 Å². The minimum absolute atomic E-state index is 0.177. The third-order valence-electron chi connectivity index (χ3n) is 8.60. The van der Waals surface area contributed by atoms with Gasteiger partial charge in [0.05, 0.1) is 19.6 Å². The molecule has 0 aliphatic carbocycles. The first kappa shape index (κ1) is 39.5. The maximum absolute atomic E-state index is 11.0. The molecule has 3 aromatic carbocycles. The number of benzene rings is 3. The zero-order chi connectivity index (χ0) is 36.7. The predicted molar refractivity (Wildman–Crippen MR) is 208 cm³/mol. The van der Waals surface area contributed by atoms with Crippen LogP contribution in [0.3, 0.4) is 0 Å². The van der Waals surface area contributed by atoms with Crippen molar-refractivity contribution < 1.29 is 15.3 Å². The summed E-state index contributed by atoms with van der Waals surface area (Å²) < 4.78 is 0. The van der Waals surface area contributed by atoms with E-state index in [9.17, 15) is 15.3 Å². The molecule has 0 spiro atoms.